The lowest BCUT2D eigenvalue weighted by Crippen LogP contribution is -2.46. The first-order valence-electron chi connectivity index (χ1n) is 12.1. The van der Waals surface area contributed by atoms with Gasteiger partial charge in [-0.1, -0.05) is 48.0 Å². The van der Waals surface area contributed by atoms with Gasteiger partial charge in [0.15, 0.2) is 6.04 Å². The molecule has 7 nitrogen and oxygen atoms in total. The summed E-state index contributed by atoms with van der Waals surface area (Å²) in [6, 6.07) is 20.7. The third-order valence-corrected chi connectivity index (χ3v) is 6.74. The van der Waals surface area contributed by atoms with Crippen molar-refractivity contribution in [2.45, 2.75) is 12.6 Å². The van der Waals surface area contributed by atoms with Gasteiger partial charge in [0.05, 0.1) is 12.6 Å². The van der Waals surface area contributed by atoms with Crippen LogP contribution in [0, 0.1) is 5.82 Å². The molecule has 9 heteroatoms. The van der Waals surface area contributed by atoms with Crippen molar-refractivity contribution in [2.24, 2.45) is 0 Å². The van der Waals surface area contributed by atoms with Crippen LogP contribution in [0.2, 0.25) is 5.02 Å². The molecule has 0 amide bonds. The van der Waals surface area contributed by atoms with Crippen molar-refractivity contribution in [1.82, 2.24) is 14.9 Å². The van der Waals surface area contributed by atoms with E-state index in [-0.39, 0.29) is 5.82 Å². The molecule has 4 aromatic rings. The Bertz CT molecular complexity index is 1380. The van der Waals surface area contributed by atoms with E-state index in [4.69, 9.17) is 26.3 Å². The summed E-state index contributed by atoms with van der Waals surface area (Å²) in [5.74, 6) is 0.500. The van der Waals surface area contributed by atoms with E-state index < -0.39 is 12.0 Å². The molecule has 1 aromatic heterocycles. The van der Waals surface area contributed by atoms with Gasteiger partial charge in [-0.15, -0.1) is 0 Å². The number of ether oxygens (including phenoxy) is 1. The molecule has 0 radical (unpaired) electrons. The first kappa shape index (κ1) is 24.9. The lowest BCUT2D eigenvalue weighted by molar-refractivity contribution is -0.141. The third-order valence-electron chi connectivity index (χ3n) is 6.49. The van der Waals surface area contributed by atoms with Crippen LogP contribution < -0.4 is 10.2 Å². The fourth-order valence-corrected chi connectivity index (χ4v) is 4.58. The molecular weight excluding hydrogens is 493 g/mol. The molecule has 0 bridgehead atoms. The number of methoxy groups -OCH3 is 1. The number of rotatable bonds is 7. The van der Waals surface area contributed by atoms with Crippen LogP contribution in [0.25, 0.3) is 10.9 Å². The lowest BCUT2D eigenvalue weighted by Gasteiger charge is -2.35. The van der Waals surface area contributed by atoms with E-state index in [2.05, 4.69) is 15.1 Å². The van der Waals surface area contributed by atoms with Crippen molar-refractivity contribution in [2.75, 3.05) is 43.5 Å². The number of nitrogens with zero attached hydrogens (tertiary/aromatic N) is 4. The minimum Gasteiger partial charge on any atom is -0.467 e. The molecule has 1 saturated heterocycles. The van der Waals surface area contributed by atoms with E-state index >= 15 is 0 Å². The predicted molar refractivity (Wildman–Crippen MR) is 143 cm³/mol. The molecule has 1 N–H and O–H groups in total. The van der Waals surface area contributed by atoms with Crippen molar-refractivity contribution in [1.29, 1.82) is 0 Å². The number of piperazine rings is 1. The number of carbonyl (C=O) groups is 1. The first-order valence-corrected chi connectivity index (χ1v) is 12.5. The average molecular weight is 520 g/mol. The van der Waals surface area contributed by atoms with Crippen LogP contribution in [-0.2, 0) is 16.1 Å². The maximum atomic E-state index is 13.2. The monoisotopic (exact) mass is 519 g/mol. The number of hydrogen-bond donors (Lipinski definition) is 1. The zero-order valence-electron chi connectivity index (χ0n) is 20.4. The van der Waals surface area contributed by atoms with Gasteiger partial charge >= 0.3 is 5.97 Å². The fraction of sp³-hybridized carbons (Fsp3) is 0.250. The number of fused-ring (bicyclic) bond motifs is 1. The van der Waals surface area contributed by atoms with E-state index in [1.54, 1.807) is 24.3 Å². The second-order valence-electron chi connectivity index (χ2n) is 8.93. The molecule has 37 heavy (non-hydrogen) atoms. The zero-order chi connectivity index (χ0) is 25.8. The maximum absolute atomic E-state index is 13.2. The van der Waals surface area contributed by atoms with Gasteiger partial charge in [-0.2, -0.15) is 4.98 Å². The Labute approximate surface area is 219 Å². The minimum absolute atomic E-state index is 0.225. The van der Waals surface area contributed by atoms with E-state index in [1.807, 2.05) is 36.4 Å². The van der Waals surface area contributed by atoms with Gasteiger partial charge in [-0.3, -0.25) is 4.90 Å². The highest BCUT2D eigenvalue weighted by molar-refractivity contribution is 6.30. The van der Waals surface area contributed by atoms with Crippen LogP contribution in [0.3, 0.4) is 0 Å². The first-order chi connectivity index (χ1) is 18.0. The summed E-state index contributed by atoms with van der Waals surface area (Å²) in [5.41, 5.74) is 2.58. The molecule has 3 aromatic carbocycles. The number of halogens is 2. The molecule has 1 fully saturated rings. The second kappa shape index (κ2) is 11.1. The summed E-state index contributed by atoms with van der Waals surface area (Å²) in [4.78, 5) is 26.9. The molecule has 1 unspecified atom stereocenters. The maximum Gasteiger partial charge on any atom is 0.333 e. The molecule has 0 spiro atoms. The van der Waals surface area contributed by atoms with Gasteiger partial charge in [0.25, 0.3) is 0 Å². The molecule has 1 aliphatic heterocycles. The number of benzene rings is 3. The second-order valence-corrected chi connectivity index (χ2v) is 9.37. The number of nitrogens with one attached hydrogen (secondary N) is 1. The Balaban J connectivity index is 1.38. The molecule has 0 aliphatic carbocycles. The van der Waals surface area contributed by atoms with E-state index in [9.17, 15) is 9.18 Å². The summed E-state index contributed by atoms with van der Waals surface area (Å²) in [6.45, 7) is 3.91. The molecule has 1 aliphatic rings. The van der Waals surface area contributed by atoms with E-state index in [0.717, 1.165) is 54.8 Å². The lowest BCUT2D eigenvalue weighted by atomic mass is 10.1. The van der Waals surface area contributed by atoms with Crippen molar-refractivity contribution >= 4 is 40.2 Å². The summed E-state index contributed by atoms with van der Waals surface area (Å²) in [6.07, 6.45) is 0. The van der Waals surface area contributed by atoms with Crippen molar-refractivity contribution < 1.29 is 13.9 Å². The largest absolute Gasteiger partial charge is 0.467 e. The number of hydrogen-bond acceptors (Lipinski definition) is 7. The molecule has 2 heterocycles. The van der Waals surface area contributed by atoms with Crippen LogP contribution >= 0.6 is 11.6 Å². The highest BCUT2D eigenvalue weighted by Gasteiger charge is 2.25. The van der Waals surface area contributed by atoms with Gasteiger partial charge in [0, 0.05) is 43.1 Å². The molecule has 190 valence electrons. The summed E-state index contributed by atoms with van der Waals surface area (Å²) >= 11 is 6.06. The molecule has 5 rings (SSSR count). The predicted octanol–water partition coefficient (Wildman–Crippen LogP) is 5.07. The Morgan fingerprint density at radius 2 is 1.70 bits per heavy atom. The fourth-order valence-electron chi connectivity index (χ4n) is 4.46. The van der Waals surface area contributed by atoms with E-state index in [1.165, 1.54) is 19.2 Å². The number of carbonyl (C=O) groups excluding carboxylic acids is 1. The molecule has 1 atom stereocenters. The van der Waals surface area contributed by atoms with Crippen molar-refractivity contribution in [3.05, 3.63) is 94.8 Å². The number of para-hydroxylation sites is 1. The van der Waals surface area contributed by atoms with Gasteiger partial charge in [0.1, 0.15) is 11.6 Å². The Morgan fingerprint density at radius 3 is 2.41 bits per heavy atom. The van der Waals surface area contributed by atoms with Crippen molar-refractivity contribution in [3.8, 4) is 0 Å². The zero-order valence-corrected chi connectivity index (χ0v) is 21.2. The standard InChI is InChI=1S/C28H27ClFN5O2/c1-37-27(36)25(20-8-10-21(29)11-9-20)32-26-23-4-2-3-5-24(23)31-28(33-26)35-16-14-34(15-17-35)18-19-6-12-22(30)13-7-19/h2-13,25H,14-18H2,1H3,(H,31,32,33). The smallest absolute Gasteiger partial charge is 0.333 e. The highest BCUT2D eigenvalue weighted by Crippen LogP contribution is 2.29. The quantitative estimate of drug-likeness (QED) is 0.342. The Kier molecular flexibility index (Phi) is 7.48. The third kappa shape index (κ3) is 5.81. The van der Waals surface area contributed by atoms with Gasteiger partial charge in [0.2, 0.25) is 5.95 Å². The van der Waals surface area contributed by atoms with Gasteiger partial charge in [-0.25, -0.2) is 14.2 Å². The summed E-state index contributed by atoms with van der Waals surface area (Å²) in [5, 5.41) is 4.69. The van der Waals surface area contributed by atoms with Crippen LogP contribution in [-0.4, -0.2) is 54.1 Å². The van der Waals surface area contributed by atoms with Crippen LogP contribution in [0.4, 0.5) is 16.2 Å². The number of esters is 1. The van der Waals surface area contributed by atoms with E-state index in [0.29, 0.717) is 16.8 Å². The topological polar surface area (TPSA) is 70.6 Å². The highest BCUT2D eigenvalue weighted by atomic mass is 35.5. The minimum atomic E-state index is -0.763. The Morgan fingerprint density at radius 1 is 1.00 bits per heavy atom. The Hall–Kier alpha value is -3.75. The number of anilines is 2. The SMILES string of the molecule is COC(=O)C(Nc1nc(N2CCN(Cc3ccc(F)cc3)CC2)nc2ccccc12)c1ccc(Cl)cc1. The van der Waals surface area contributed by atoms with Crippen LogP contribution in [0.15, 0.2) is 72.8 Å². The van der Waals surface area contributed by atoms with Gasteiger partial charge in [-0.05, 0) is 47.5 Å². The van der Waals surface area contributed by atoms with Gasteiger partial charge < -0.3 is 15.0 Å². The summed E-state index contributed by atoms with van der Waals surface area (Å²) in [7, 11) is 1.36. The number of aromatic nitrogens is 2. The summed E-state index contributed by atoms with van der Waals surface area (Å²) < 4.78 is 18.3. The van der Waals surface area contributed by atoms with Crippen LogP contribution in [0.1, 0.15) is 17.2 Å². The van der Waals surface area contributed by atoms with Crippen LogP contribution in [0.5, 0.6) is 0 Å². The van der Waals surface area contributed by atoms with Crippen molar-refractivity contribution in [3.63, 3.8) is 0 Å². The molecule has 0 saturated carbocycles. The average Bonchev–Trinajstić information content (AvgIpc) is 2.93. The normalized spacial score (nSPS) is 14.9. The molecular formula is C28H27ClFN5O2.